The molecule has 6 aliphatic rings. The standard InChI is InChI=1S/3C29H41BClN3O2/c3*1-29(2,3)26-21-32(28(23-8-6-5-7-9-23)24-10-12-25(31)13-11-24)18-19-34(26)27(35)20-22-14-16-33(17-15-22)30(4)36/h3*5-13,22,26,28,36H,14-21H2,1-4H3/t3*26-,28?/m111/s1. The zero-order valence-electron chi connectivity index (χ0n) is 66.7. The number of hydrogen-bond acceptors (Lipinski definition) is 12. The second-order valence-corrected chi connectivity index (χ2v) is 36.2. The van der Waals surface area contributed by atoms with E-state index in [0.29, 0.717) is 37.0 Å². The first kappa shape index (κ1) is 84.9. The molecule has 0 bridgehead atoms. The predicted octanol–water partition coefficient (Wildman–Crippen LogP) is 15.6. The van der Waals surface area contributed by atoms with Crippen LogP contribution < -0.4 is 0 Å². The summed E-state index contributed by atoms with van der Waals surface area (Å²) in [7, 11) is -1.21. The van der Waals surface area contributed by atoms with E-state index in [1.165, 1.54) is 33.4 Å². The van der Waals surface area contributed by atoms with E-state index in [0.717, 1.165) is 152 Å². The van der Waals surface area contributed by atoms with Crippen molar-refractivity contribution < 1.29 is 29.5 Å². The van der Waals surface area contributed by atoms with Gasteiger partial charge in [0.1, 0.15) is 0 Å². The summed E-state index contributed by atoms with van der Waals surface area (Å²) in [6.07, 6.45) is 7.69. The first-order valence-corrected chi connectivity index (χ1v) is 41.3. The van der Waals surface area contributed by atoms with Crippen LogP contribution in [0.3, 0.4) is 0 Å². The summed E-state index contributed by atoms with van der Waals surface area (Å²) >= 11 is 18.6. The molecule has 3 unspecified atom stereocenters. The van der Waals surface area contributed by atoms with Gasteiger partial charge in [-0.2, -0.15) is 0 Å². The first-order valence-electron chi connectivity index (χ1n) is 40.2. The molecule has 21 heteroatoms. The van der Waals surface area contributed by atoms with Gasteiger partial charge in [0.05, 0.1) is 18.1 Å². The zero-order chi connectivity index (χ0) is 77.6. The van der Waals surface area contributed by atoms with Crippen LogP contribution in [0.25, 0.3) is 0 Å². The number of piperazine rings is 3. The number of halogens is 3. The monoisotopic (exact) mass is 1530 g/mol. The Hall–Kier alpha value is -5.57. The van der Waals surface area contributed by atoms with Gasteiger partial charge in [-0.25, -0.2) is 0 Å². The Morgan fingerprint density at radius 2 is 0.537 bits per heavy atom. The molecular weight excluding hydrogens is 1410 g/mol. The van der Waals surface area contributed by atoms with Crippen LogP contribution in [-0.4, -0.2) is 214 Å². The number of benzene rings is 6. The van der Waals surface area contributed by atoms with Gasteiger partial charge in [-0.05, 0) is 202 Å². The summed E-state index contributed by atoms with van der Waals surface area (Å²) < 4.78 is 0. The molecule has 12 rings (SSSR count). The van der Waals surface area contributed by atoms with Crippen LogP contribution in [0.5, 0.6) is 0 Å². The normalized spacial score (nSPS) is 21.4. The average Bonchev–Trinajstić information content (AvgIpc) is 0.788. The van der Waals surface area contributed by atoms with Crippen molar-refractivity contribution in [3.8, 4) is 0 Å². The molecule has 0 saturated carbocycles. The van der Waals surface area contributed by atoms with Gasteiger partial charge in [0, 0.05) is 111 Å². The lowest BCUT2D eigenvalue weighted by atomic mass is 9.80. The first-order chi connectivity index (χ1) is 51.4. The van der Waals surface area contributed by atoms with Crippen LogP contribution in [0.4, 0.5) is 0 Å². The highest BCUT2D eigenvalue weighted by atomic mass is 35.5. The summed E-state index contributed by atoms with van der Waals surface area (Å²) in [6, 6.07) is 57.3. The van der Waals surface area contributed by atoms with E-state index in [1.54, 1.807) is 0 Å². The van der Waals surface area contributed by atoms with Gasteiger partial charge >= 0.3 is 21.2 Å². The van der Waals surface area contributed by atoms with Crippen molar-refractivity contribution in [3.05, 3.63) is 212 Å². The Morgan fingerprint density at radius 1 is 0.333 bits per heavy atom. The Labute approximate surface area is 664 Å². The lowest BCUT2D eigenvalue weighted by Gasteiger charge is -2.50. The van der Waals surface area contributed by atoms with E-state index in [1.807, 2.05) is 56.9 Å². The molecule has 3 amide bonds. The molecule has 15 nitrogen and oxygen atoms in total. The predicted molar refractivity (Wildman–Crippen MR) is 447 cm³/mol. The third-order valence-electron chi connectivity index (χ3n) is 24.1. The fourth-order valence-corrected chi connectivity index (χ4v) is 18.0. The van der Waals surface area contributed by atoms with Crippen molar-refractivity contribution >= 4 is 73.7 Å². The third kappa shape index (κ3) is 23.1. The van der Waals surface area contributed by atoms with Gasteiger partial charge < -0.3 is 44.2 Å². The molecule has 6 saturated heterocycles. The molecule has 6 atom stereocenters. The van der Waals surface area contributed by atoms with Gasteiger partial charge in [0.25, 0.3) is 0 Å². The molecule has 0 radical (unpaired) electrons. The Morgan fingerprint density at radius 3 is 0.731 bits per heavy atom. The van der Waals surface area contributed by atoms with Crippen LogP contribution in [-0.2, 0) is 14.4 Å². The van der Waals surface area contributed by atoms with Crippen molar-refractivity contribution in [1.82, 2.24) is 43.8 Å². The van der Waals surface area contributed by atoms with Gasteiger partial charge in [0.15, 0.2) is 0 Å². The number of amides is 3. The molecule has 0 aromatic heterocycles. The molecule has 0 spiro atoms. The largest absolute Gasteiger partial charge is 0.437 e. The fourth-order valence-electron chi connectivity index (χ4n) is 17.6. The number of nitrogens with zero attached hydrogens (tertiary/aromatic N) is 9. The van der Waals surface area contributed by atoms with Crippen LogP contribution >= 0.6 is 34.8 Å². The molecular formula is C87H123B3Cl3N9O6. The van der Waals surface area contributed by atoms with Gasteiger partial charge in [-0.3, -0.25) is 29.1 Å². The topological polar surface area (TPSA) is 141 Å². The maximum atomic E-state index is 13.6. The highest BCUT2D eigenvalue weighted by molar-refractivity contribution is 6.46. The summed E-state index contributed by atoms with van der Waals surface area (Å²) in [6.45, 7) is 38.2. The van der Waals surface area contributed by atoms with Crippen molar-refractivity contribution in [1.29, 1.82) is 0 Å². The van der Waals surface area contributed by atoms with Crippen molar-refractivity contribution in [2.75, 3.05) is 98.2 Å². The minimum Gasteiger partial charge on any atom is -0.437 e. The van der Waals surface area contributed by atoms with E-state index >= 15 is 0 Å². The van der Waals surface area contributed by atoms with Crippen molar-refractivity contribution in [2.24, 2.45) is 34.0 Å². The third-order valence-corrected chi connectivity index (χ3v) is 24.9. The quantitative estimate of drug-likeness (QED) is 0.0706. The van der Waals surface area contributed by atoms with Crippen LogP contribution in [0, 0.1) is 34.0 Å². The van der Waals surface area contributed by atoms with Gasteiger partial charge in [0.2, 0.25) is 17.7 Å². The number of carbonyl (C=O) groups excluding carboxylic acids is 3. The van der Waals surface area contributed by atoms with Crippen LogP contribution in [0.15, 0.2) is 164 Å². The van der Waals surface area contributed by atoms with Gasteiger partial charge in [-0.15, -0.1) is 0 Å². The Kier molecular flexibility index (Phi) is 30.5. The zero-order valence-corrected chi connectivity index (χ0v) is 69.0. The molecule has 6 aliphatic heterocycles. The van der Waals surface area contributed by atoms with Gasteiger partial charge in [-0.1, -0.05) is 225 Å². The summed E-state index contributed by atoms with van der Waals surface area (Å²) in [5, 5.41) is 31.8. The SMILES string of the molecule is CB(O)N1CCC(CC(=O)N2CCN(C(c3ccccc3)c3ccc(Cl)cc3)C[C@@H]2C(C)(C)C)CC1.CB(O)N1CCC(CC(=O)N2CCN(C(c3ccccc3)c3ccc(Cl)cc3)C[C@@H]2C(C)(C)C)CC1.CB(O)N1CCC(CC(=O)N2CCN(C(c3ccccc3)c3ccc(Cl)cc3)C[C@@H]2C(C)(C)C)CC1. The molecule has 6 aromatic rings. The smallest absolute Gasteiger partial charge is 0.376 e. The van der Waals surface area contributed by atoms with E-state index < -0.39 is 21.2 Å². The summed E-state index contributed by atoms with van der Waals surface area (Å²) in [4.78, 5) is 61.3. The Balaban J connectivity index is 0.000000173. The highest BCUT2D eigenvalue weighted by Gasteiger charge is 2.45. The molecule has 3 N–H and O–H groups in total. The van der Waals surface area contributed by atoms with Crippen molar-refractivity contribution in [3.63, 3.8) is 0 Å². The second kappa shape index (κ2) is 38.8. The minimum absolute atomic E-state index is 0.0365. The number of rotatable bonds is 18. The summed E-state index contributed by atoms with van der Waals surface area (Å²) in [5.41, 5.74) is 7.35. The molecule has 6 fully saturated rings. The Bertz CT molecular complexity index is 3350. The molecule has 6 aromatic carbocycles. The van der Waals surface area contributed by atoms with Crippen molar-refractivity contribution in [2.45, 2.75) is 177 Å². The summed E-state index contributed by atoms with van der Waals surface area (Å²) in [5.74, 6) is 2.06. The van der Waals surface area contributed by atoms with E-state index in [4.69, 9.17) is 34.8 Å². The van der Waals surface area contributed by atoms with Crippen LogP contribution in [0.1, 0.15) is 172 Å². The molecule has 6 heterocycles. The van der Waals surface area contributed by atoms with E-state index in [2.05, 4.69) is 234 Å². The minimum atomic E-state index is -0.404. The number of piperidine rings is 3. The average molecular weight is 1530 g/mol. The van der Waals surface area contributed by atoms with E-state index in [-0.39, 0.29) is 70.2 Å². The number of carbonyl (C=O) groups is 3. The highest BCUT2D eigenvalue weighted by Crippen LogP contribution is 2.41. The second-order valence-electron chi connectivity index (χ2n) is 34.9. The fraction of sp³-hybridized carbons (Fsp3) is 0.552. The maximum Gasteiger partial charge on any atom is 0.376 e. The molecule has 108 heavy (non-hydrogen) atoms. The lowest BCUT2D eigenvalue weighted by molar-refractivity contribution is -0.142. The van der Waals surface area contributed by atoms with E-state index in [9.17, 15) is 29.5 Å². The number of hydrogen-bond donors (Lipinski definition) is 3. The van der Waals surface area contributed by atoms with Crippen LogP contribution in [0.2, 0.25) is 35.5 Å². The lowest BCUT2D eigenvalue weighted by Crippen LogP contribution is -2.60. The maximum absolute atomic E-state index is 13.6. The molecule has 582 valence electrons. The molecule has 0 aliphatic carbocycles.